The molecule has 1 heterocycles. The number of nitrogens with one attached hydrogen (secondary N) is 1. The van der Waals surface area contributed by atoms with Crippen LogP contribution in [0.2, 0.25) is 5.02 Å². The topological polar surface area (TPSA) is 92.5 Å². The van der Waals surface area contributed by atoms with Crippen molar-refractivity contribution >= 4 is 33.2 Å². The zero-order valence-corrected chi connectivity index (χ0v) is 13.2. The molecule has 2 rings (SSSR count). The van der Waals surface area contributed by atoms with E-state index in [2.05, 4.69) is 5.32 Å². The van der Waals surface area contributed by atoms with E-state index in [1.165, 1.54) is 29.4 Å². The number of carbonyl (C=O) groups excluding carboxylic acids is 1. The maximum absolute atomic E-state index is 12.5. The van der Waals surface area contributed by atoms with Gasteiger partial charge in [-0.1, -0.05) is 11.6 Å². The lowest BCUT2D eigenvalue weighted by Gasteiger charge is -2.31. The fourth-order valence-corrected chi connectivity index (χ4v) is 3.98. The van der Waals surface area contributed by atoms with Gasteiger partial charge in [0.25, 0.3) is 0 Å². The molecule has 1 aliphatic rings. The molecule has 0 bridgehead atoms. The highest BCUT2D eigenvalue weighted by atomic mass is 35.5. The molecule has 1 aliphatic heterocycles. The van der Waals surface area contributed by atoms with E-state index in [1.807, 2.05) is 0 Å². The van der Waals surface area contributed by atoms with Gasteiger partial charge in [0.1, 0.15) is 0 Å². The van der Waals surface area contributed by atoms with E-state index < -0.39 is 10.0 Å². The average molecular weight is 332 g/mol. The number of hydrogen-bond donors (Lipinski definition) is 2. The van der Waals surface area contributed by atoms with Crippen LogP contribution in [0.5, 0.6) is 0 Å². The van der Waals surface area contributed by atoms with Gasteiger partial charge in [-0.2, -0.15) is 4.31 Å². The Morgan fingerprint density at radius 2 is 2.00 bits per heavy atom. The first kappa shape index (κ1) is 16.1. The van der Waals surface area contributed by atoms with Crippen LogP contribution >= 0.6 is 11.6 Å². The third kappa shape index (κ3) is 3.66. The van der Waals surface area contributed by atoms with Crippen LogP contribution in [-0.4, -0.2) is 37.8 Å². The Labute approximate surface area is 129 Å². The highest BCUT2D eigenvalue weighted by Crippen LogP contribution is 2.26. The molecule has 21 heavy (non-hydrogen) atoms. The first-order chi connectivity index (χ1) is 9.80. The van der Waals surface area contributed by atoms with E-state index in [0.29, 0.717) is 31.0 Å². The molecule has 0 radical (unpaired) electrons. The van der Waals surface area contributed by atoms with Crippen molar-refractivity contribution in [3.8, 4) is 0 Å². The number of carbonyl (C=O) groups is 1. The van der Waals surface area contributed by atoms with E-state index in [1.54, 1.807) is 0 Å². The van der Waals surface area contributed by atoms with Gasteiger partial charge in [-0.05, 0) is 31.0 Å². The SMILES string of the molecule is CC(=O)NC1CCN(S(=O)(=O)c2ccc(Cl)c(N)c2)CC1. The molecule has 0 saturated carbocycles. The number of nitrogens with two attached hydrogens (primary N) is 1. The number of benzene rings is 1. The maximum Gasteiger partial charge on any atom is 0.243 e. The standard InChI is InChI=1S/C13H18ClN3O3S/c1-9(18)16-10-4-6-17(7-5-10)21(19,20)11-2-3-12(14)13(15)8-11/h2-3,8,10H,4-7,15H2,1H3,(H,16,18). The van der Waals surface area contributed by atoms with Crippen LogP contribution in [0.25, 0.3) is 0 Å². The maximum atomic E-state index is 12.5. The van der Waals surface area contributed by atoms with Crippen molar-refractivity contribution in [1.82, 2.24) is 9.62 Å². The second kappa shape index (κ2) is 6.21. The fraction of sp³-hybridized carbons (Fsp3) is 0.462. The van der Waals surface area contributed by atoms with Gasteiger partial charge in [0.15, 0.2) is 0 Å². The summed E-state index contributed by atoms with van der Waals surface area (Å²) in [5, 5.41) is 3.14. The number of nitrogen functional groups attached to an aromatic ring is 1. The van der Waals surface area contributed by atoms with Crippen LogP contribution < -0.4 is 11.1 Å². The Kier molecular flexibility index (Phi) is 4.75. The number of sulfonamides is 1. The van der Waals surface area contributed by atoms with Gasteiger partial charge in [0.2, 0.25) is 15.9 Å². The van der Waals surface area contributed by atoms with Crippen molar-refractivity contribution in [3.05, 3.63) is 23.2 Å². The van der Waals surface area contributed by atoms with Gasteiger partial charge < -0.3 is 11.1 Å². The van der Waals surface area contributed by atoms with E-state index in [0.717, 1.165) is 0 Å². The molecule has 0 aromatic heterocycles. The molecular weight excluding hydrogens is 314 g/mol. The molecule has 1 aromatic rings. The molecule has 1 saturated heterocycles. The predicted octanol–water partition coefficient (Wildman–Crippen LogP) is 1.21. The monoisotopic (exact) mass is 331 g/mol. The van der Waals surface area contributed by atoms with Crippen molar-refractivity contribution in [2.24, 2.45) is 0 Å². The Morgan fingerprint density at radius 3 is 2.52 bits per heavy atom. The van der Waals surface area contributed by atoms with Crippen LogP contribution in [0.15, 0.2) is 23.1 Å². The predicted molar refractivity (Wildman–Crippen MR) is 81.5 cm³/mol. The van der Waals surface area contributed by atoms with Gasteiger partial charge in [-0.25, -0.2) is 8.42 Å². The zero-order chi connectivity index (χ0) is 15.6. The highest BCUT2D eigenvalue weighted by molar-refractivity contribution is 7.89. The number of amides is 1. The summed E-state index contributed by atoms with van der Waals surface area (Å²) in [6.45, 7) is 2.20. The average Bonchev–Trinajstić information content (AvgIpc) is 2.41. The summed E-state index contributed by atoms with van der Waals surface area (Å²) in [4.78, 5) is 11.2. The summed E-state index contributed by atoms with van der Waals surface area (Å²) < 4.78 is 26.4. The Morgan fingerprint density at radius 1 is 1.38 bits per heavy atom. The molecule has 6 nitrogen and oxygen atoms in total. The van der Waals surface area contributed by atoms with Crippen LogP contribution in [0.1, 0.15) is 19.8 Å². The van der Waals surface area contributed by atoms with Gasteiger partial charge in [0.05, 0.1) is 15.6 Å². The molecule has 0 spiro atoms. The second-order valence-corrected chi connectivity index (χ2v) is 7.41. The number of hydrogen-bond acceptors (Lipinski definition) is 4. The lowest BCUT2D eigenvalue weighted by Crippen LogP contribution is -2.46. The molecule has 3 N–H and O–H groups in total. The van der Waals surface area contributed by atoms with Crippen LogP contribution in [0, 0.1) is 0 Å². The van der Waals surface area contributed by atoms with Gasteiger partial charge >= 0.3 is 0 Å². The van der Waals surface area contributed by atoms with Gasteiger partial charge in [-0.3, -0.25) is 4.79 Å². The molecule has 0 atom stereocenters. The number of nitrogens with zero attached hydrogens (tertiary/aromatic N) is 1. The smallest absolute Gasteiger partial charge is 0.243 e. The van der Waals surface area contributed by atoms with E-state index in [-0.39, 0.29) is 22.5 Å². The van der Waals surface area contributed by atoms with Crippen molar-refractivity contribution in [2.45, 2.75) is 30.7 Å². The summed E-state index contributed by atoms with van der Waals surface area (Å²) in [5.41, 5.74) is 5.90. The van der Waals surface area contributed by atoms with Crippen LogP contribution in [-0.2, 0) is 14.8 Å². The summed E-state index contributed by atoms with van der Waals surface area (Å²) in [6.07, 6.45) is 1.20. The highest BCUT2D eigenvalue weighted by Gasteiger charge is 2.29. The quantitative estimate of drug-likeness (QED) is 0.814. The molecule has 1 aromatic carbocycles. The summed E-state index contributed by atoms with van der Waals surface area (Å²) >= 11 is 5.81. The Balaban J connectivity index is 2.11. The summed E-state index contributed by atoms with van der Waals surface area (Å²) in [6, 6.07) is 4.34. The fourth-order valence-electron chi connectivity index (χ4n) is 2.36. The van der Waals surface area contributed by atoms with Crippen molar-refractivity contribution in [1.29, 1.82) is 0 Å². The molecule has 0 aliphatic carbocycles. The molecule has 8 heteroatoms. The van der Waals surface area contributed by atoms with Crippen molar-refractivity contribution < 1.29 is 13.2 Å². The Bertz CT molecular complexity index is 640. The van der Waals surface area contributed by atoms with E-state index >= 15 is 0 Å². The lowest BCUT2D eigenvalue weighted by molar-refractivity contribution is -0.119. The first-order valence-corrected chi connectivity index (χ1v) is 8.45. The third-order valence-electron chi connectivity index (χ3n) is 3.47. The van der Waals surface area contributed by atoms with Crippen LogP contribution in [0.3, 0.4) is 0 Å². The van der Waals surface area contributed by atoms with Crippen LogP contribution in [0.4, 0.5) is 5.69 Å². The minimum absolute atomic E-state index is 0.0317. The molecular formula is C13H18ClN3O3S. The summed E-state index contributed by atoms with van der Waals surface area (Å²) in [5.74, 6) is -0.0956. The number of piperidine rings is 1. The molecule has 116 valence electrons. The molecule has 1 fully saturated rings. The lowest BCUT2D eigenvalue weighted by atomic mass is 10.1. The second-order valence-electron chi connectivity index (χ2n) is 5.06. The minimum Gasteiger partial charge on any atom is -0.397 e. The number of anilines is 1. The summed E-state index contributed by atoms with van der Waals surface area (Å²) in [7, 11) is -3.57. The van der Waals surface area contributed by atoms with E-state index in [4.69, 9.17) is 17.3 Å². The normalized spacial score (nSPS) is 17.6. The van der Waals surface area contributed by atoms with Crippen molar-refractivity contribution in [3.63, 3.8) is 0 Å². The van der Waals surface area contributed by atoms with Gasteiger partial charge in [-0.15, -0.1) is 0 Å². The molecule has 1 amide bonds. The first-order valence-electron chi connectivity index (χ1n) is 6.63. The molecule has 0 unspecified atom stereocenters. The third-order valence-corrected chi connectivity index (χ3v) is 5.71. The largest absolute Gasteiger partial charge is 0.397 e. The van der Waals surface area contributed by atoms with E-state index in [9.17, 15) is 13.2 Å². The zero-order valence-electron chi connectivity index (χ0n) is 11.7. The minimum atomic E-state index is -3.57. The number of halogens is 1. The Hall–Kier alpha value is -1.31. The number of rotatable bonds is 3. The van der Waals surface area contributed by atoms with Crippen molar-refractivity contribution in [2.75, 3.05) is 18.8 Å². The van der Waals surface area contributed by atoms with Gasteiger partial charge in [0, 0.05) is 26.1 Å².